The molecule has 0 fully saturated rings. The van der Waals surface area contributed by atoms with E-state index in [0.29, 0.717) is 12.2 Å². The molecule has 0 saturated carbocycles. The summed E-state index contributed by atoms with van der Waals surface area (Å²) in [5.41, 5.74) is 0.372. The summed E-state index contributed by atoms with van der Waals surface area (Å²) in [6, 6.07) is 0. The molecule has 1 rings (SSSR count). The minimum absolute atomic E-state index is 0.372. The Morgan fingerprint density at radius 1 is 1.69 bits per heavy atom. The average molecular weight is 224 g/mol. The highest BCUT2D eigenvalue weighted by Gasteiger charge is 2.22. The van der Waals surface area contributed by atoms with Gasteiger partial charge in [0.1, 0.15) is 10.9 Å². The molecule has 1 aromatic rings. The minimum Gasteiger partial charge on any atom is -0.253 e. The van der Waals surface area contributed by atoms with Gasteiger partial charge in [0.05, 0.1) is 0 Å². The van der Waals surface area contributed by atoms with Crippen LogP contribution in [-0.4, -0.2) is 23.4 Å². The maximum atomic E-state index is 10.9. The molecule has 0 aliphatic heterocycles. The molecule has 1 atom stereocenters. The van der Waals surface area contributed by atoms with Crippen LogP contribution in [0.4, 0.5) is 0 Å². The van der Waals surface area contributed by atoms with E-state index >= 15 is 0 Å². The largest absolute Gasteiger partial charge is 0.253 e. The fourth-order valence-electron chi connectivity index (χ4n) is 0.798. The summed E-state index contributed by atoms with van der Waals surface area (Å²) in [4.78, 5) is 0. The summed E-state index contributed by atoms with van der Waals surface area (Å²) >= 11 is 0. The normalized spacial score (nSPS) is 14.4. The molecule has 0 aliphatic rings. The van der Waals surface area contributed by atoms with Crippen LogP contribution in [-0.2, 0) is 15.6 Å². The highest BCUT2D eigenvalue weighted by molar-refractivity contribution is 8.13. The van der Waals surface area contributed by atoms with Crippen LogP contribution in [0.15, 0.2) is 6.20 Å². The van der Waals surface area contributed by atoms with Gasteiger partial charge in [-0.25, -0.2) is 8.42 Å². The lowest BCUT2D eigenvalue weighted by Crippen LogP contribution is -2.03. The molecule has 0 N–H and O–H groups in total. The predicted molar refractivity (Wildman–Crippen MR) is 48.9 cm³/mol. The Kier molecular flexibility index (Phi) is 2.92. The molecule has 0 saturated heterocycles. The van der Waals surface area contributed by atoms with Gasteiger partial charge in [-0.15, -0.1) is 5.10 Å². The van der Waals surface area contributed by atoms with E-state index in [0.717, 1.165) is 0 Å². The maximum Gasteiger partial charge on any atom is 0.241 e. The SMILES string of the molecule is CCn1cc(C(C)S(=O)(=O)Cl)nn1. The standard InChI is InChI=1S/C6H10ClN3O2S/c1-3-10-4-6(8-9-10)5(2)13(7,11)12/h4-5H,3H2,1-2H3. The molecule has 74 valence electrons. The lowest BCUT2D eigenvalue weighted by atomic mass is 10.4. The fourth-order valence-corrected chi connectivity index (χ4v) is 1.47. The Labute approximate surface area is 81.1 Å². The van der Waals surface area contributed by atoms with E-state index in [1.165, 1.54) is 6.92 Å². The summed E-state index contributed by atoms with van der Waals surface area (Å²) in [5.74, 6) is 0. The van der Waals surface area contributed by atoms with Crippen molar-refractivity contribution in [3.8, 4) is 0 Å². The summed E-state index contributed by atoms with van der Waals surface area (Å²) in [6.07, 6.45) is 1.57. The smallest absolute Gasteiger partial charge is 0.241 e. The van der Waals surface area contributed by atoms with E-state index in [2.05, 4.69) is 10.3 Å². The first-order chi connectivity index (χ1) is 5.95. The molecule has 0 spiro atoms. The number of nitrogens with zero attached hydrogens (tertiary/aromatic N) is 3. The van der Waals surface area contributed by atoms with Crippen molar-refractivity contribution in [3.05, 3.63) is 11.9 Å². The van der Waals surface area contributed by atoms with Crippen LogP contribution >= 0.6 is 10.7 Å². The minimum atomic E-state index is -3.59. The highest BCUT2D eigenvalue weighted by atomic mass is 35.7. The van der Waals surface area contributed by atoms with Crippen molar-refractivity contribution in [2.75, 3.05) is 0 Å². The number of halogens is 1. The number of hydrogen-bond donors (Lipinski definition) is 0. The monoisotopic (exact) mass is 223 g/mol. The second-order valence-corrected chi connectivity index (χ2v) is 5.57. The molecule has 0 radical (unpaired) electrons. The van der Waals surface area contributed by atoms with Gasteiger partial charge in [-0.1, -0.05) is 5.21 Å². The van der Waals surface area contributed by atoms with E-state index in [4.69, 9.17) is 10.7 Å². The van der Waals surface area contributed by atoms with E-state index < -0.39 is 14.3 Å². The number of aryl methyl sites for hydroxylation is 1. The Morgan fingerprint density at radius 3 is 2.69 bits per heavy atom. The second-order valence-electron chi connectivity index (χ2n) is 2.62. The van der Waals surface area contributed by atoms with Gasteiger partial charge >= 0.3 is 0 Å². The molecule has 1 aromatic heterocycles. The first kappa shape index (κ1) is 10.5. The highest BCUT2D eigenvalue weighted by Crippen LogP contribution is 2.22. The molecule has 13 heavy (non-hydrogen) atoms. The van der Waals surface area contributed by atoms with Gasteiger partial charge in [0.15, 0.2) is 0 Å². The van der Waals surface area contributed by atoms with Gasteiger partial charge < -0.3 is 0 Å². The van der Waals surface area contributed by atoms with Crippen LogP contribution in [0.1, 0.15) is 24.8 Å². The van der Waals surface area contributed by atoms with Crippen LogP contribution in [0.25, 0.3) is 0 Å². The maximum absolute atomic E-state index is 10.9. The van der Waals surface area contributed by atoms with Crippen molar-refractivity contribution >= 4 is 19.7 Å². The molecule has 5 nitrogen and oxygen atoms in total. The molecule has 0 aliphatic carbocycles. The molecule has 0 aromatic carbocycles. The average Bonchev–Trinajstić information content (AvgIpc) is 2.48. The Hall–Kier alpha value is -0.620. The van der Waals surface area contributed by atoms with Crippen LogP contribution < -0.4 is 0 Å². The van der Waals surface area contributed by atoms with Gasteiger partial charge in [-0.05, 0) is 13.8 Å². The Bertz CT molecular complexity index is 386. The van der Waals surface area contributed by atoms with E-state index in [1.807, 2.05) is 6.92 Å². The van der Waals surface area contributed by atoms with Crippen molar-refractivity contribution in [2.45, 2.75) is 25.6 Å². The molecule has 0 bridgehead atoms. The molecule has 7 heteroatoms. The summed E-state index contributed by atoms with van der Waals surface area (Å²) in [5, 5.41) is 6.60. The third kappa shape index (κ3) is 2.41. The fraction of sp³-hybridized carbons (Fsp3) is 0.667. The van der Waals surface area contributed by atoms with Crippen LogP contribution in [0.5, 0.6) is 0 Å². The number of hydrogen-bond acceptors (Lipinski definition) is 4. The second kappa shape index (κ2) is 3.63. The van der Waals surface area contributed by atoms with Gasteiger partial charge in [0, 0.05) is 23.4 Å². The lowest BCUT2D eigenvalue weighted by Gasteiger charge is -2.00. The van der Waals surface area contributed by atoms with E-state index in [1.54, 1.807) is 10.9 Å². The van der Waals surface area contributed by atoms with E-state index in [9.17, 15) is 8.42 Å². The van der Waals surface area contributed by atoms with Crippen LogP contribution in [0.2, 0.25) is 0 Å². The predicted octanol–water partition coefficient (Wildman–Crippen LogP) is 0.928. The zero-order valence-corrected chi connectivity index (χ0v) is 8.88. The summed E-state index contributed by atoms with van der Waals surface area (Å²) in [6.45, 7) is 4.02. The number of aromatic nitrogens is 3. The third-order valence-electron chi connectivity index (χ3n) is 1.72. The third-order valence-corrected chi connectivity index (χ3v) is 3.61. The van der Waals surface area contributed by atoms with Crippen molar-refractivity contribution in [3.63, 3.8) is 0 Å². The van der Waals surface area contributed by atoms with Gasteiger partial charge in [0.2, 0.25) is 9.05 Å². The van der Waals surface area contributed by atoms with Crippen molar-refractivity contribution < 1.29 is 8.42 Å². The van der Waals surface area contributed by atoms with Crippen molar-refractivity contribution in [2.24, 2.45) is 0 Å². The first-order valence-corrected chi connectivity index (χ1v) is 6.16. The molecule has 0 amide bonds. The lowest BCUT2D eigenvalue weighted by molar-refractivity contribution is 0.599. The Balaban J connectivity index is 2.96. The molecular formula is C6H10ClN3O2S. The van der Waals surface area contributed by atoms with Crippen molar-refractivity contribution in [1.82, 2.24) is 15.0 Å². The quantitative estimate of drug-likeness (QED) is 0.715. The molecular weight excluding hydrogens is 214 g/mol. The summed E-state index contributed by atoms with van der Waals surface area (Å²) in [7, 11) is 1.57. The van der Waals surface area contributed by atoms with Crippen molar-refractivity contribution in [1.29, 1.82) is 0 Å². The van der Waals surface area contributed by atoms with Gasteiger partial charge in [0.25, 0.3) is 0 Å². The topological polar surface area (TPSA) is 64.8 Å². The van der Waals surface area contributed by atoms with Crippen LogP contribution in [0.3, 0.4) is 0 Å². The van der Waals surface area contributed by atoms with E-state index in [-0.39, 0.29) is 0 Å². The van der Waals surface area contributed by atoms with Crippen LogP contribution in [0, 0.1) is 0 Å². The summed E-state index contributed by atoms with van der Waals surface area (Å²) < 4.78 is 23.4. The zero-order valence-electron chi connectivity index (χ0n) is 7.31. The Morgan fingerprint density at radius 2 is 2.31 bits per heavy atom. The molecule has 1 unspecified atom stereocenters. The van der Waals surface area contributed by atoms with Gasteiger partial charge in [-0.3, -0.25) is 4.68 Å². The van der Waals surface area contributed by atoms with Gasteiger partial charge in [-0.2, -0.15) is 0 Å². The zero-order chi connectivity index (χ0) is 10.1. The molecule has 1 heterocycles. The first-order valence-electron chi connectivity index (χ1n) is 3.78. The number of rotatable bonds is 3.